The van der Waals surface area contributed by atoms with Crippen LogP contribution in [-0.2, 0) is 4.79 Å². The van der Waals surface area contributed by atoms with E-state index in [2.05, 4.69) is 9.80 Å². The minimum atomic E-state index is -1.33. The van der Waals surface area contributed by atoms with E-state index in [1.54, 1.807) is 0 Å². The second-order valence-electron chi connectivity index (χ2n) is 5.93. The third-order valence-corrected chi connectivity index (χ3v) is 4.39. The highest BCUT2D eigenvalue weighted by Gasteiger charge is 2.40. The second kappa shape index (κ2) is 6.93. The van der Waals surface area contributed by atoms with Crippen molar-refractivity contribution in [3.05, 3.63) is 0 Å². The highest BCUT2D eigenvalue weighted by molar-refractivity contribution is 5.52. The number of aldehydes is 1. The third-order valence-electron chi connectivity index (χ3n) is 4.39. The number of rotatable bonds is 7. The molecule has 0 aromatic rings. The number of fused-ring (bicyclic) bond motifs is 1. The zero-order chi connectivity index (χ0) is 14.7. The van der Waals surface area contributed by atoms with E-state index < -0.39 is 24.9 Å². The molecule has 2 rings (SSSR count). The van der Waals surface area contributed by atoms with Gasteiger partial charge in [0, 0.05) is 32.7 Å². The van der Waals surface area contributed by atoms with E-state index in [0.717, 1.165) is 32.5 Å². The molecule has 0 aliphatic carbocycles. The monoisotopic (exact) mass is 288 g/mol. The first kappa shape index (κ1) is 15.8. The molecule has 0 unspecified atom stereocenters. The summed E-state index contributed by atoms with van der Waals surface area (Å²) in [6.07, 6.45) is -2.78. The third kappa shape index (κ3) is 3.55. The van der Waals surface area contributed by atoms with Crippen molar-refractivity contribution in [1.29, 1.82) is 0 Å². The molecular weight excluding hydrogens is 264 g/mol. The fraction of sp³-hybridized carbons (Fsp3) is 0.923. The molecule has 0 aromatic carbocycles. The predicted octanol–water partition coefficient (Wildman–Crippen LogP) is -2.88. The lowest BCUT2D eigenvalue weighted by atomic mass is 10.0. The van der Waals surface area contributed by atoms with E-state index in [1.807, 2.05) is 0 Å². The Morgan fingerprint density at radius 1 is 1.00 bits per heavy atom. The SMILES string of the molecule is O=CCN1C[C@@H]2CN(C[C@H](O)[C@H](O)[C@H](O)CO)C[C@@H]2C1. The first-order valence-electron chi connectivity index (χ1n) is 7.08. The van der Waals surface area contributed by atoms with Crippen LogP contribution in [0.3, 0.4) is 0 Å². The maximum atomic E-state index is 10.5. The minimum absolute atomic E-state index is 0.291. The molecule has 0 amide bonds. The maximum Gasteiger partial charge on any atom is 0.133 e. The number of aliphatic hydroxyl groups is 4. The van der Waals surface area contributed by atoms with Gasteiger partial charge in [-0.1, -0.05) is 0 Å². The summed E-state index contributed by atoms with van der Waals surface area (Å²) >= 11 is 0. The lowest BCUT2D eigenvalue weighted by Crippen LogP contribution is -2.46. The van der Waals surface area contributed by atoms with Crippen molar-refractivity contribution in [2.75, 3.05) is 45.9 Å². The van der Waals surface area contributed by atoms with Gasteiger partial charge in [-0.15, -0.1) is 0 Å². The highest BCUT2D eigenvalue weighted by Crippen LogP contribution is 2.30. The number of carbonyl (C=O) groups excluding carboxylic acids is 1. The van der Waals surface area contributed by atoms with Crippen LogP contribution in [0.15, 0.2) is 0 Å². The van der Waals surface area contributed by atoms with Gasteiger partial charge in [0.2, 0.25) is 0 Å². The molecule has 0 aromatic heterocycles. The van der Waals surface area contributed by atoms with Crippen LogP contribution in [0.1, 0.15) is 0 Å². The Kier molecular flexibility index (Phi) is 5.48. The van der Waals surface area contributed by atoms with Gasteiger partial charge in [0.05, 0.1) is 19.3 Å². The zero-order valence-electron chi connectivity index (χ0n) is 11.5. The number of nitrogens with zero attached hydrogens (tertiary/aromatic N) is 2. The molecule has 2 saturated heterocycles. The van der Waals surface area contributed by atoms with Crippen LogP contribution in [0.4, 0.5) is 0 Å². The summed E-state index contributed by atoms with van der Waals surface area (Å²) in [7, 11) is 0. The Labute approximate surface area is 118 Å². The Morgan fingerprint density at radius 2 is 1.55 bits per heavy atom. The first-order valence-corrected chi connectivity index (χ1v) is 7.08. The van der Waals surface area contributed by atoms with Gasteiger partial charge in [-0.25, -0.2) is 0 Å². The van der Waals surface area contributed by atoms with Crippen molar-refractivity contribution < 1.29 is 25.2 Å². The van der Waals surface area contributed by atoms with Gasteiger partial charge in [0.25, 0.3) is 0 Å². The van der Waals surface area contributed by atoms with Crippen LogP contribution in [0, 0.1) is 11.8 Å². The second-order valence-corrected chi connectivity index (χ2v) is 5.93. The topological polar surface area (TPSA) is 104 Å². The summed E-state index contributed by atoms with van der Waals surface area (Å²) in [4.78, 5) is 14.7. The van der Waals surface area contributed by atoms with Crippen molar-refractivity contribution in [1.82, 2.24) is 9.80 Å². The summed E-state index contributed by atoms with van der Waals surface area (Å²) in [6, 6.07) is 0. The lowest BCUT2D eigenvalue weighted by molar-refractivity contribution is -0.108. The molecule has 116 valence electrons. The smallest absolute Gasteiger partial charge is 0.133 e. The summed E-state index contributed by atoms with van der Waals surface area (Å²) in [6.45, 7) is 3.67. The highest BCUT2D eigenvalue weighted by atomic mass is 16.4. The van der Waals surface area contributed by atoms with E-state index in [0.29, 0.717) is 24.9 Å². The molecule has 7 nitrogen and oxygen atoms in total. The van der Waals surface area contributed by atoms with Crippen molar-refractivity contribution in [3.63, 3.8) is 0 Å². The van der Waals surface area contributed by atoms with Crippen LogP contribution >= 0.6 is 0 Å². The summed E-state index contributed by atoms with van der Waals surface area (Å²) < 4.78 is 0. The normalized spacial score (nSPS) is 32.0. The molecule has 0 bridgehead atoms. The van der Waals surface area contributed by atoms with Crippen LogP contribution in [0.25, 0.3) is 0 Å². The van der Waals surface area contributed by atoms with Gasteiger partial charge in [-0.2, -0.15) is 0 Å². The molecule has 20 heavy (non-hydrogen) atoms. The molecule has 7 heteroatoms. The van der Waals surface area contributed by atoms with Gasteiger partial charge >= 0.3 is 0 Å². The summed E-state index contributed by atoms with van der Waals surface area (Å²) in [5, 5.41) is 37.6. The maximum absolute atomic E-state index is 10.5. The first-order chi connectivity index (χ1) is 9.55. The minimum Gasteiger partial charge on any atom is -0.394 e. The fourth-order valence-corrected chi connectivity index (χ4v) is 3.33. The van der Waals surface area contributed by atoms with Crippen molar-refractivity contribution in [2.45, 2.75) is 18.3 Å². The predicted molar refractivity (Wildman–Crippen MR) is 71.0 cm³/mol. The van der Waals surface area contributed by atoms with E-state index in [4.69, 9.17) is 5.11 Å². The number of aliphatic hydroxyl groups excluding tert-OH is 4. The Morgan fingerprint density at radius 3 is 2.05 bits per heavy atom. The summed E-state index contributed by atoms with van der Waals surface area (Å²) in [5.74, 6) is 1.00. The van der Waals surface area contributed by atoms with E-state index in [-0.39, 0.29) is 0 Å². The van der Waals surface area contributed by atoms with Crippen molar-refractivity contribution in [2.24, 2.45) is 11.8 Å². The van der Waals surface area contributed by atoms with Crippen LogP contribution in [-0.4, -0.2) is 101 Å². The number of β-amino-alcohol motifs (C(OH)–C–C–N with tert-alkyl or cyclic N) is 1. The van der Waals surface area contributed by atoms with Crippen LogP contribution in [0.2, 0.25) is 0 Å². The van der Waals surface area contributed by atoms with Gasteiger partial charge in [0.1, 0.15) is 18.5 Å². The average molecular weight is 288 g/mol. The van der Waals surface area contributed by atoms with E-state index in [1.165, 1.54) is 0 Å². The summed E-state index contributed by atoms with van der Waals surface area (Å²) in [5.41, 5.74) is 0. The lowest BCUT2D eigenvalue weighted by Gasteiger charge is -2.27. The fourth-order valence-electron chi connectivity index (χ4n) is 3.33. The van der Waals surface area contributed by atoms with Gasteiger partial charge in [-0.3, -0.25) is 9.80 Å². The average Bonchev–Trinajstić information content (AvgIpc) is 2.94. The van der Waals surface area contributed by atoms with Crippen molar-refractivity contribution >= 4 is 6.29 Å². The number of likely N-dealkylation sites (tertiary alicyclic amines) is 2. The molecule has 2 aliphatic heterocycles. The van der Waals surface area contributed by atoms with Gasteiger partial charge in [0.15, 0.2) is 0 Å². The molecular formula is C13H24N2O5. The number of hydrogen-bond acceptors (Lipinski definition) is 7. The molecule has 2 fully saturated rings. The Hall–Kier alpha value is -0.570. The zero-order valence-corrected chi connectivity index (χ0v) is 11.5. The number of hydrogen-bond donors (Lipinski definition) is 4. The molecule has 0 saturated carbocycles. The number of carbonyl (C=O) groups is 1. The largest absolute Gasteiger partial charge is 0.394 e. The van der Waals surface area contributed by atoms with Crippen LogP contribution in [0.5, 0.6) is 0 Å². The van der Waals surface area contributed by atoms with E-state index in [9.17, 15) is 20.1 Å². The van der Waals surface area contributed by atoms with E-state index >= 15 is 0 Å². The molecule has 5 atom stereocenters. The Bertz CT molecular complexity index is 316. The van der Waals surface area contributed by atoms with Gasteiger partial charge < -0.3 is 25.2 Å². The Balaban J connectivity index is 1.77. The standard InChI is InChI=1S/C13H24N2O5/c16-2-1-14-3-9-5-15(6-10(9)4-14)7-11(18)13(20)12(19)8-17/h2,9-13,17-20H,1,3-8H2/t9-,10+,11-,12+,13-/m0/s1. The molecule has 2 heterocycles. The van der Waals surface area contributed by atoms with Crippen LogP contribution < -0.4 is 0 Å². The molecule has 0 radical (unpaired) electrons. The quantitative estimate of drug-likeness (QED) is 0.373. The van der Waals surface area contributed by atoms with Crippen molar-refractivity contribution in [3.8, 4) is 0 Å². The van der Waals surface area contributed by atoms with Gasteiger partial charge in [-0.05, 0) is 11.8 Å². The molecule has 2 aliphatic rings. The molecule has 0 spiro atoms. The molecule has 4 N–H and O–H groups in total.